The Labute approximate surface area is 96.8 Å². The quantitative estimate of drug-likeness (QED) is 0.843. The Hall–Kier alpha value is -1.53. The monoisotopic (exact) mass is 218 g/mol. The molecule has 86 valence electrons. The zero-order valence-corrected chi connectivity index (χ0v) is 10.1. The summed E-state index contributed by atoms with van der Waals surface area (Å²) >= 11 is 0. The second kappa shape index (κ2) is 5.53. The molecule has 0 aliphatic rings. The number of nitrogens with two attached hydrogens (primary N) is 1. The Morgan fingerprint density at radius 2 is 1.88 bits per heavy atom. The number of rotatable bonds is 4. The number of ether oxygens (including phenoxy) is 1. The second-order valence-electron chi connectivity index (χ2n) is 4.16. The molecule has 0 bridgehead atoms. The summed E-state index contributed by atoms with van der Waals surface area (Å²) in [6.07, 6.45) is 0.323. The van der Waals surface area contributed by atoms with Crippen LogP contribution in [0.1, 0.15) is 23.1 Å². The van der Waals surface area contributed by atoms with Gasteiger partial charge in [-0.15, -0.1) is 0 Å². The van der Waals surface area contributed by atoms with Crippen LogP contribution in [0.4, 0.5) is 0 Å². The topological polar surface area (TPSA) is 59.0 Å². The first-order valence-corrected chi connectivity index (χ1v) is 5.37. The van der Waals surface area contributed by atoms with Gasteiger partial charge < -0.3 is 10.5 Å². The van der Waals surface area contributed by atoms with Crippen molar-refractivity contribution in [2.75, 3.05) is 6.61 Å². The average Bonchev–Trinajstić information content (AvgIpc) is 2.16. The molecule has 1 unspecified atom stereocenters. The highest BCUT2D eigenvalue weighted by molar-refractivity contribution is 5.42. The van der Waals surface area contributed by atoms with Gasteiger partial charge in [-0.05, 0) is 31.9 Å². The molecule has 0 aliphatic heterocycles. The summed E-state index contributed by atoms with van der Waals surface area (Å²) in [6.45, 7) is 6.49. The molecule has 0 saturated carbocycles. The van der Waals surface area contributed by atoms with Crippen molar-refractivity contribution in [3.8, 4) is 11.8 Å². The zero-order valence-electron chi connectivity index (χ0n) is 10.1. The predicted octanol–water partition coefficient (Wildman–Crippen LogP) is 2.23. The first kappa shape index (κ1) is 12.5. The van der Waals surface area contributed by atoms with E-state index in [1.807, 2.05) is 19.9 Å². The smallest absolute Gasteiger partial charge is 0.125 e. The van der Waals surface area contributed by atoms with Gasteiger partial charge in [0.1, 0.15) is 12.4 Å². The molecule has 0 spiro atoms. The van der Waals surface area contributed by atoms with E-state index < -0.39 is 0 Å². The lowest BCUT2D eigenvalue weighted by atomic mass is 10.1. The predicted molar refractivity (Wildman–Crippen MR) is 64.4 cm³/mol. The van der Waals surface area contributed by atoms with Crippen molar-refractivity contribution >= 4 is 0 Å². The molecule has 16 heavy (non-hydrogen) atoms. The molecule has 1 atom stereocenters. The highest BCUT2D eigenvalue weighted by Crippen LogP contribution is 2.24. The number of aryl methyl sites for hydroxylation is 3. The van der Waals surface area contributed by atoms with Crippen LogP contribution in [-0.4, -0.2) is 12.6 Å². The molecule has 1 aromatic carbocycles. The Morgan fingerprint density at radius 3 is 2.38 bits per heavy atom. The first-order chi connectivity index (χ1) is 7.54. The van der Waals surface area contributed by atoms with E-state index in [4.69, 9.17) is 15.7 Å². The van der Waals surface area contributed by atoms with E-state index in [9.17, 15) is 0 Å². The molecule has 1 aromatic rings. The second-order valence-corrected chi connectivity index (χ2v) is 4.16. The molecule has 0 radical (unpaired) electrons. The lowest BCUT2D eigenvalue weighted by Crippen LogP contribution is -2.27. The minimum Gasteiger partial charge on any atom is -0.491 e. The van der Waals surface area contributed by atoms with Gasteiger partial charge >= 0.3 is 0 Å². The fourth-order valence-corrected chi connectivity index (χ4v) is 1.76. The molecule has 0 aliphatic carbocycles. The van der Waals surface area contributed by atoms with Crippen molar-refractivity contribution in [1.29, 1.82) is 5.26 Å². The molecule has 0 heterocycles. The van der Waals surface area contributed by atoms with Gasteiger partial charge in [0.15, 0.2) is 0 Å². The lowest BCUT2D eigenvalue weighted by molar-refractivity contribution is 0.286. The standard InChI is InChI=1S/C13H18N2O/c1-9-6-10(2)13(11(3)7-9)16-8-12(15)4-5-14/h6-7,12H,4,8,15H2,1-3H3. The summed E-state index contributed by atoms with van der Waals surface area (Å²) in [4.78, 5) is 0. The number of nitrogens with zero attached hydrogens (tertiary/aromatic N) is 1. The van der Waals surface area contributed by atoms with Crippen LogP contribution >= 0.6 is 0 Å². The van der Waals surface area contributed by atoms with Gasteiger partial charge in [-0.3, -0.25) is 0 Å². The highest BCUT2D eigenvalue weighted by atomic mass is 16.5. The lowest BCUT2D eigenvalue weighted by Gasteiger charge is -2.15. The summed E-state index contributed by atoms with van der Waals surface area (Å²) in [7, 11) is 0. The van der Waals surface area contributed by atoms with Crippen LogP contribution in [0.2, 0.25) is 0 Å². The number of hydrogen-bond acceptors (Lipinski definition) is 3. The molecule has 2 N–H and O–H groups in total. The SMILES string of the molecule is Cc1cc(C)c(OCC(N)CC#N)c(C)c1. The van der Waals surface area contributed by atoms with Gasteiger partial charge in [-0.25, -0.2) is 0 Å². The number of hydrogen-bond donors (Lipinski definition) is 1. The summed E-state index contributed by atoms with van der Waals surface area (Å²) in [5.41, 5.74) is 9.17. The van der Waals surface area contributed by atoms with E-state index in [-0.39, 0.29) is 6.04 Å². The molecule has 3 heteroatoms. The van der Waals surface area contributed by atoms with Crippen molar-refractivity contribution in [2.45, 2.75) is 33.2 Å². The van der Waals surface area contributed by atoms with Crippen LogP contribution in [-0.2, 0) is 0 Å². The van der Waals surface area contributed by atoms with Crippen LogP contribution in [0.5, 0.6) is 5.75 Å². The fourth-order valence-electron chi connectivity index (χ4n) is 1.76. The van der Waals surface area contributed by atoms with E-state index in [1.165, 1.54) is 5.56 Å². The third kappa shape index (κ3) is 3.25. The summed E-state index contributed by atoms with van der Waals surface area (Å²) in [5.74, 6) is 0.888. The van der Waals surface area contributed by atoms with Gasteiger partial charge in [-0.2, -0.15) is 5.26 Å². The molecular weight excluding hydrogens is 200 g/mol. The van der Waals surface area contributed by atoms with Gasteiger partial charge in [0.05, 0.1) is 18.5 Å². The number of benzene rings is 1. The van der Waals surface area contributed by atoms with Crippen LogP contribution in [0.3, 0.4) is 0 Å². The maximum Gasteiger partial charge on any atom is 0.125 e. The van der Waals surface area contributed by atoms with Crippen molar-refractivity contribution in [2.24, 2.45) is 5.73 Å². The van der Waals surface area contributed by atoms with Crippen molar-refractivity contribution in [3.05, 3.63) is 28.8 Å². The van der Waals surface area contributed by atoms with Crippen molar-refractivity contribution in [1.82, 2.24) is 0 Å². The fraction of sp³-hybridized carbons (Fsp3) is 0.462. The maximum absolute atomic E-state index is 8.49. The van der Waals surface area contributed by atoms with E-state index in [0.717, 1.165) is 16.9 Å². The third-order valence-corrected chi connectivity index (χ3v) is 2.40. The van der Waals surface area contributed by atoms with E-state index >= 15 is 0 Å². The molecule has 0 saturated heterocycles. The van der Waals surface area contributed by atoms with Gasteiger partial charge in [0.2, 0.25) is 0 Å². The molecule has 3 nitrogen and oxygen atoms in total. The first-order valence-electron chi connectivity index (χ1n) is 5.37. The van der Waals surface area contributed by atoms with E-state index in [1.54, 1.807) is 0 Å². The summed E-state index contributed by atoms with van der Waals surface area (Å²) in [6, 6.07) is 5.98. The minimum absolute atomic E-state index is 0.217. The normalized spacial score (nSPS) is 11.9. The summed E-state index contributed by atoms with van der Waals surface area (Å²) < 4.78 is 5.66. The van der Waals surface area contributed by atoms with Crippen molar-refractivity contribution < 1.29 is 4.74 Å². The van der Waals surface area contributed by atoms with Gasteiger partial charge in [0.25, 0.3) is 0 Å². The van der Waals surface area contributed by atoms with Crippen LogP contribution in [0.25, 0.3) is 0 Å². The van der Waals surface area contributed by atoms with Crippen LogP contribution in [0.15, 0.2) is 12.1 Å². The van der Waals surface area contributed by atoms with E-state index in [0.29, 0.717) is 13.0 Å². The molecule has 0 fully saturated rings. The Balaban J connectivity index is 2.71. The largest absolute Gasteiger partial charge is 0.491 e. The Kier molecular flexibility index (Phi) is 4.33. The van der Waals surface area contributed by atoms with Gasteiger partial charge in [-0.1, -0.05) is 17.7 Å². The number of nitriles is 1. The van der Waals surface area contributed by atoms with Gasteiger partial charge in [0, 0.05) is 0 Å². The molecule has 0 amide bonds. The third-order valence-electron chi connectivity index (χ3n) is 2.40. The minimum atomic E-state index is -0.217. The Bertz CT molecular complexity index is 384. The average molecular weight is 218 g/mol. The van der Waals surface area contributed by atoms with Crippen LogP contribution in [0, 0.1) is 32.1 Å². The molecule has 0 aromatic heterocycles. The Morgan fingerprint density at radius 1 is 1.31 bits per heavy atom. The van der Waals surface area contributed by atoms with Crippen molar-refractivity contribution in [3.63, 3.8) is 0 Å². The molecule has 1 rings (SSSR count). The molecular formula is C13H18N2O. The zero-order chi connectivity index (χ0) is 12.1. The maximum atomic E-state index is 8.49. The summed E-state index contributed by atoms with van der Waals surface area (Å²) in [5, 5.41) is 8.49. The van der Waals surface area contributed by atoms with Crippen LogP contribution < -0.4 is 10.5 Å². The van der Waals surface area contributed by atoms with E-state index in [2.05, 4.69) is 19.1 Å². The highest BCUT2D eigenvalue weighted by Gasteiger charge is 2.07.